The molecule has 0 saturated carbocycles. The minimum absolute atomic E-state index is 0.129. The molecule has 69 heavy (non-hydrogen) atoms. The maximum atomic E-state index is 6.53. The van der Waals surface area contributed by atoms with Gasteiger partial charge in [0.15, 0.2) is 0 Å². The zero-order chi connectivity index (χ0) is 45.8. The summed E-state index contributed by atoms with van der Waals surface area (Å²) in [5.74, 6) is 0. The van der Waals surface area contributed by atoms with Gasteiger partial charge in [0.05, 0.1) is 0 Å². The second-order valence-corrected chi connectivity index (χ2v) is 19.2. The first kappa shape index (κ1) is 39.4. The van der Waals surface area contributed by atoms with Gasteiger partial charge < -0.3 is 9.32 Å². The second kappa shape index (κ2) is 15.2. The number of furan rings is 1. The van der Waals surface area contributed by atoms with E-state index in [4.69, 9.17) is 4.42 Å². The highest BCUT2D eigenvalue weighted by Crippen LogP contribution is 2.51. The van der Waals surface area contributed by atoms with Crippen molar-refractivity contribution in [3.8, 4) is 44.5 Å². The van der Waals surface area contributed by atoms with Crippen LogP contribution in [0.3, 0.4) is 0 Å². The van der Waals surface area contributed by atoms with Gasteiger partial charge in [0.25, 0.3) is 0 Å². The van der Waals surface area contributed by atoms with Gasteiger partial charge >= 0.3 is 0 Å². The predicted molar refractivity (Wildman–Crippen MR) is 292 cm³/mol. The smallest absolute Gasteiger partial charge is 0.136 e. The lowest BCUT2D eigenvalue weighted by atomic mass is 9.82. The van der Waals surface area contributed by atoms with Crippen LogP contribution in [0.25, 0.3) is 110 Å². The van der Waals surface area contributed by atoms with Crippen molar-refractivity contribution in [2.45, 2.75) is 19.3 Å². The summed E-state index contributed by atoms with van der Waals surface area (Å²) in [4.78, 5) is 2.42. The van der Waals surface area contributed by atoms with Crippen LogP contribution >= 0.6 is 0 Å². The van der Waals surface area contributed by atoms with Crippen LogP contribution in [0.5, 0.6) is 0 Å². The fourth-order valence-electron chi connectivity index (χ4n) is 11.6. The summed E-state index contributed by atoms with van der Waals surface area (Å²) in [6.07, 6.45) is 0. The first-order valence-corrected chi connectivity index (χ1v) is 24.0. The normalized spacial score (nSPS) is 12.9. The molecule has 0 unspecified atom stereocenters. The van der Waals surface area contributed by atoms with Crippen molar-refractivity contribution in [1.29, 1.82) is 0 Å². The number of rotatable bonds is 6. The zero-order valence-electron chi connectivity index (χ0n) is 38.4. The van der Waals surface area contributed by atoms with Gasteiger partial charge in [-0.15, -0.1) is 0 Å². The standard InChI is InChI=1S/C67H45NO/c1-67(2)63-23-13-12-22-55(63)56-34-33-50(39-64(56)67)68(48-29-24-43(25-30-48)42-14-4-3-5-15-42)49-31-26-44(27-32-49)57-40-59-53-20-10-8-18-51(53)52-19-9-11-21-54(52)60(59)41-58(57)47-28-35-65-61(37-47)62-36-45-16-6-7-17-46(45)38-66(62)69-65/h3-41H,1-2H3. The van der Waals surface area contributed by atoms with Crippen LogP contribution in [0.2, 0.25) is 0 Å². The Kier molecular flexibility index (Phi) is 8.66. The molecule has 12 aromatic carbocycles. The summed E-state index contributed by atoms with van der Waals surface area (Å²) in [5.41, 5.74) is 17.4. The Balaban J connectivity index is 0.960. The summed E-state index contributed by atoms with van der Waals surface area (Å²) >= 11 is 0. The Morgan fingerprint density at radius 1 is 0.290 bits per heavy atom. The molecule has 0 N–H and O–H groups in total. The van der Waals surface area contributed by atoms with Gasteiger partial charge in [-0.2, -0.15) is 0 Å². The van der Waals surface area contributed by atoms with Gasteiger partial charge in [0.1, 0.15) is 11.2 Å². The molecule has 1 aliphatic carbocycles. The number of anilines is 3. The topological polar surface area (TPSA) is 16.4 Å². The van der Waals surface area contributed by atoms with Crippen molar-refractivity contribution >= 4 is 82.1 Å². The molecule has 0 aliphatic heterocycles. The third-order valence-electron chi connectivity index (χ3n) is 15.0. The lowest BCUT2D eigenvalue weighted by Gasteiger charge is -2.28. The molecule has 1 heterocycles. The first-order valence-electron chi connectivity index (χ1n) is 24.0. The van der Waals surface area contributed by atoms with E-state index in [1.54, 1.807) is 0 Å². The molecule has 0 atom stereocenters. The average Bonchev–Trinajstić information content (AvgIpc) is 3.88. The van der Waals surface area contributed by atoms with E-state index >= 15 is 0 Å². The molecular formula is C67H45NO. The molecule has 13 aromatic rings. The molecule has 14 rings (SSSR count). The van der Waals surface area contributed by atoms with Crippen LogP contribution in [0.4, 0.5) is 17.1 Å². The highest BCUT2D eigenvalue weighted by Gasteiger charge is 2.35. The van der Waals surface area contributed by atoms with Crippen molar-refractivity contribution in [1.82, 2.24) is 0 Å². The lowest BCUT2D eigenvalue weighted by molar-refractivity contribution is 0.660. The Hall–Kier alpha value is -8.72. The fourth-order valence-corrected chi connectivity index (χ4v) is 11.6. The average molecular weight is 880 g/mol. The van der Waals surface area contributed by atoms with Crippen LogP contribution in [0, 0.1) is 0 Å². The zero-order valence-corrected chi connectivity index (χ0v) is 38.4. The van der Waals surface area contributed by atoms with Crippen molar-refractivity contribution < 1.29 is 4.42 Å². The van der Waals surface area contributed by atoms with E-state index in [-0.39, 0.29) is 5.41 Å². The molecule has 1 aromatic heterocycles. The molecule has 0 radical (unpaired) electrons. The molecule has 2 heteroatoms. The van der Waals surface area contributed by atoms with Crippen LogP contribution in [0.1, 0.15) is 25.0 Å². The van der Waals surface area contributed by atoms with Gasteiger partial charge in [0.2, 0.25) is 0 Å². The minimum Gasteiger partial charge on any atom is -0.456 e. The van der Waals surface area contributed by atoms with Crippen LogP contribution in [-0.4, -0.2) is 0 Å². The SMILES string of the molecule is CC1(C)c2ccccc2-c2ccc(N(c3ccc(-c4ccccc4)cc3)c3ccc(-c4cc5c6ccccc6c6ccccc6c5cc4-c4ccc5oc6cc7ccccc7cc6c5c4)cc3)cc21. The molecule has 0 spiro atoms. The number of fused-ring (bicyclic) bond motifs is 13. The molecular weight excluding hydrogens is 835 g/mol. The van der Waals surface area contributed by atoms with Gasteiger partial charge in [-0.3, -0.25) is 0 Å². The third-order valence-corrected chi connectivity index (χ3v) is 15.0. The monoisotopic (exact) mass is 879 g/mol. The minimum atomic E-state index is -0.129. The van der Waals surface area contributed by atoms with Crippen molar-refractivity contribution in [3.05, 3.63) is 248 Å². The predicted octanol–water partition coefficient (Wildman–Crippen LogP) is 19.0. The lowest BCUT2D eigenvalue weighted by Crippen LogP contribution is -2.16. The molecule has 324 valence electrons. The second-order valence-electron chi connectivity index (χ2n) is 19.2. The quantitative estimate of drug-likeness (QED) is 0.155. The van der Waals surface area contributed by atoms with E-state index in [0.29, 0.717) is 0 Å². The number of nitrogens with zero attached hydrogens (tertiary/aromatic N) is 1. The van der Waals surface area contributed by atoms with Gasteiger partial charge in [-0.1, -0.05) is 178 Å². The number of hydrogen-bond donors (Lipinski definition) is 0. The molecule has 0 amide bonds. The number of hydrogen-bond acceptors (Lipinski definition) is 2. The summed E-state index contributed by atoms with van der Waals surface area (Å²) in [6, 6.07) is 87.2. The van der Waals surface area contributed by atoms with Crippen molar-refractivity contribution in [2.75, 3.05) is 4.90 Å². The highest BCUT2D eigenvalue weighted by molar-refractivity contribution is 6.27. The van der Waals surface area contributed by atoms with Crippen LogP contribution < -0.4 is 4.90 Å². The van der Waals surface area contributed by atoms with E-state index in [9.17, 15) is 0 Å². The summed E-state index contributed by atoms with van der Waals surface area (Å²) in [7, 11) is 0. The Bertz CT molecular complexity index is 4200. The Morgan fingerprint density at radius 3 is 1.46 bits per heavy atom. The summed E-state index contributed by atoms with van der Waals surface area (Å²) < 4.78 is 6.53. The first-order chi connectivity index (χ1) is 33.9. The van der Waals surface area contributed by atoms with E-state index in [1.807, 2.05) is 0 Å². The van der Waals surface area contributed by atoms with Gasteiger partial charge in [-0.25, -0.2) is 0 Å². The molecule has 2 nitrogen and oxygen atoms in total. The number of benzene rings is 12. The fraction of sp³-hybridized carbons (Fsp3) is 0.0448. The Labute approximate surface area is 401 Å². The highest BCUT2D eigenvalue weighted by atomic mass is 16.3. The Morgan fingerprint density at radius 2 is 0.783 bits per heavy atom. The van der Waals surface area contributed by atoms with E-state index in [0.717, 1.165) is 50.1 Å². The van der Waals surface area contributed by atoms with Gasteiger partial charge in [-0.05, 0) is 172 Å². The maximum absolute atomic E-state index is 6.53. The van der Waals surface area contributed by atoms with E-state index < -0.39 is 0 Å². The van der Waals surface area contributed by atoms with Gasteiger partial charge in [0, 0.05) is 33.2 Å². The molecule has 0 fully saturated rings. The summed E-state index contributed by atoms with van der Waals surface area (Å²) in [5, 5.41) is 12.2. The van der Waals surface area contributed by atoms with Crippen molar-refractivity contribution in [2.24, 2.45) is 0 Å². The third kappa shape index (κ3) is 6.19. The molecule has 0 bridgehead atoms. The largest absolute Gasteiger partial charge is 0.456 e. The molecule has 1 aliphatic rings. The summed E-state index contributed by atoms with van der Waals surface area (Å²) in [6.45, 7) is 4.72. The molecule has 0 saturated heterocycles. The van der Waals surface area contributed by atoms with E-state index in [1.165, 1.54) is 87.6 Å². The maximum Gasteiger partial charge on any atom is 0.136 e. The van der Waals surface area contributed by atoms with Crippen LogP contribution in [0.15, 0.2) is 241 Å². The van der Waals surface area contributed by atoms with E-state index in [2.05, 4.69) is 255 Å². The van der Waals surface area contributed by atoms with Crippen LogP contribution in [-0.2, 0) is 5.41 Å². The van der Waals surface area contributed by atoms with Crippen molar-refractivity contribution in [3.63, 3.8) is 0 Å².